The molecule has 0 radical (unpaired) electrons. The van der Waals surface area contributed by atoms with Crippen LogP contribution in [0.15, 0.2) is 0 Å². The fraction of sp³-hybridized carbons (Fsp3) is 1.00. The summed E-state index contributed by atoms with van der Waals surface area (Å²) in [6.45, 7) is 2.80. The Morgan fingerprint density at radius 3 is 2.50 bits per heavy atom. The van der Waals surface area contributed by atoms with Crippen molar-refractivity contribution in [2.45, 2.75) is 50.7 Å². The number of halogens is 1. The highest BCUT2D eigenvalue weighted by atomic mass is 19.1. The van der Waals surface area contributed by atoms with Gasteiger partial charge in [-0.25, -0.2) is 4.39 Å². The van der Waals surface area contributed by atoms with E-state index in [9.17, 15) is 4.39 Å². The van der Waals surface area contributed by atoms with Gasteiger partial charge in [-0.1, -0.05) is 6.42 Å². The number of hydrogen-bond donors (Lipinski definition) is 1. The topological polar surface area (TPSA) is 12.0 Å². The molecule has 0 aromatic heterocycles. The van der Waals surface area contributed by atoms with Crippen LogP contribution in [0, 0.1) is 5.92 Å². The largest absolute Gasteiger partial charge is 0.311 e. The summed E-state index contributed by atoms with van der Waals surface area (Å²) in [6.07, 6.45) is 5.65. The highest BCUT2D eigenvalue weighted by Gasteiger charge is 2.47. The molecule has 70 valence electrons. The molecule has 1 nitrogen and oxygen atoms in total. The van der Waals surface area contributed by atoms with E-state index in [4.69, 9.17) is 0 Å². The Labute approximate surface area is 73.7 Å². The van der Waals surface area contributed by atoms with Gasteiger partial charge in [0.1, 0.15) is 5.67 Å². The van der Waals surface area contributed by atoms with Crippen molar-refractivity contribution >= 4 is 0 Å². The SMILES string of the molecule is CC(F)(C1CC1)C1CCCCN1. The van der Waals surface area contributed by atoms with Crippen LogP contribution in [0.1, 0.15) is 39.0 Å². The second kappa shape index (κ2) is 2.99. The van der Waals surface area contributed by atoms with Gasteiger partial charge in [0.05, 0.1) is 0 Å². The van der Waals surface area contributed by atoms with Crippen LogP contribution in [-0.4, -0.2) is 18.3 Å². The van der Waals surface area contributed by atoms with Crippen LogP contribution < -0.4 is 5.32 Å². The van der Waals surface area contributed by atoms with Crippen LogP contribution in [0.4, 0.5) is 4.39 Å². The van der Waals surface area contributed by atoms with Crippen LogP contribution in [0.5, 0.6) is 0 Å². The molecule has 0 spiro atoms. The summed E-state index contributed by atoms with van der Waals surface area (Å²) in [5.41, 5.74) is -0.930. The van der Waals surface area contributed by atoms with Crippen LogP contribution in [0.3, 0.4) is 0 Å². The van der Waals surface area contributed by atoms with Crippen molar-refractivity contribution in [1.82, 2.24) is 5.32 Å². The smallest absolute Gasteiger partial charge is 0.126 e. The molecule has 1 heterocycles. The summed E-state index contributed by atoms with van der Waals surface area (Å²) in [5, 5.41) is 3.31. The van der Waals surface area contributed by atoms with Crippen molar-refractivity contribution in [3.63, 3.8) is 0 Å². The highest BCUT2D eigenvalue weighted by molar-refractivity contribution is 5.00. The number of piperidine rings is 1. The standard InChI is InChI=1S/C10H18FN/c1-10(11,8-5-6-8)9-4-2-3-7-12-9/h8-9,12H,2-7H2,1H3. The third kappa shape index (κ3) is 1.49. The van der Waals surface area contributed by atoms with Gasteiger partial charge in [0, 0.05) is 6.04 Å². The maximum absolute atomic E-state index is 14.1. The Kier molecular flexibility index (Phi) is 2.11. The number of nitrogens with one attached hydrogen (secondary N) is 1. The summed E-state index contributed by atoms with van der Waals surface area (Å²) in [5.74, 6) is 0.355. The summed E-state index contributed by atoms with van der Waals surface area (Å²) in [7, 11) is 0. The molecule has 2 unspecified atom stereocenters. The lowest BCUT2D eigenvalue weighted by atomic mass is 9.87. The predicted molar refractivity (Wildman–Crippen MR) is 47.9 cm³/mol. The molecule has 0 amide bonds. The van der Waals surface area contributed by atoms with Crippen LogP contribution in [0.25, 0.3) is 0 Å². The highest BCUT2D eigenvalue weighted by Crippen LogP contribution is 2.45. The normalized spacial score (nSPS) is 36.0. The summed E-state index contributed by atoms with van der Waals surface area (Å²) in [4.78, 5) is 0. The summed E-state index contributed by atoms with van der Waals surface area (Å²) >= 11 is 0. The van der Waals surface area contributed by atoms with E-state index in [-0.39, 0.29) is 6.04 Å². The first kappa shape index (κ1) is 8.49. The van der Waals surface area contributed by atoms with Gasteiger partial charge in [-0.15, -0.1) is 0 Å². The maximum Gasteiger partial charge on any atom is 0.126 e. The fourth-order valence-corrected chi connectivity index (χ4v) is 2.27. The second-order valence-corrected chi connectivity index (χ2v) is 4.43. The van der Waals surface area contributed by atoms with Gasteiger partial charge in [0.2, 0.25) is 0 Å². The molecular weight excluding hydrogens is 153 g/mol. The summed E-state index contributed by atoms with van der Waals surface area (Å²) < 4.78 is 14.1. The van der Waals surface area contributed by atoms with Gasteiger partial charge in [-0.3, -0.25) is 0 Å². The zero-order valence-corrected chi connectivity index (χ0v) is 7.78. The van der Waals surface area contributed by atoms with Crippen molar-refractivity contribution in [3.8, 4) is 0 Å². The first-order chi connectivity index (χ1) is 5.71. The van der Waals surface area contributed by atoms with Gasteiger partial charge >= 0.3 is 0 Å². The minimum absolute atomic E-state index is 0.138. The first-order valence-corrected chi connectivity index (χ1v) is 5.13. The van der Waals surface area contributed by atoms with E-state index in [0.717, 1.165) is 25.8 Å². The number of alkyl halides is 1. The number of hydrogen-bond acceptors (Lipinski definition) is 1. The minimum Gasteiger partial charge on any atom is -0.311 e. The molecular formula is C10H18FN. The predicted octanol–water partition coefficient (Wildman–Crippen LogP) is 2.27. The van der Waals surface area contributed by atoms with Crippen molar-refractivity contribution in [2.24, 2.45) is 5.92 Å². The summed E-state index contributed by atoms with van der Waals surface area (Å²) in [6, 6.07) is 0.138. The van der Waals surface area contributed by atoms with E-state index in [1.807, 2.05) is 0 Å². The molecule has 1 saturated heterocycles. The van der Waals surface area contributed by atoms with E-state index >= 15 is 0 Å². The number of rotatable bonds is 2. The molecule has 1 aliphatic heterocycles. The Hall–Kier alpha value is -0.110. The molecule has 2 aliphatic rings. The fourth-order valence-electron chi connectivity index (χ4n) is 2.27. The van der Waals surface area contributed by atoms with E-state index in [0.29, 0.717) is 5.92 Å². The van der Waals surface area contributed by atoms with Crippen LogP contribution in [-0.2, 0) is 0 Å². The van der Waals surface area contributed by atoms with Crippen molar-refractivity contribution in [1.29, 1.82) is 0 Å². The molecule has 1 saturated carbocycles. The third-order valence-corrected chi connectivity index (χ3v) is 3.37. The van der Waals surface area contributed by atoms with Crippen LogP contribution in [0.2, 0.25) is 0 Å². The van der Waals surface area contributed by atoms with E-state index < -0.39 is 5.67 Å². The van der Waals surface area contributed by atoms with Gasteiger partial charge in [0.15, 0.2) is 0 Å². The van der Waals surface area contributed by atoms with Crippen molar-refractivity contribution < 1.29 is 4.39 Å². The molecule has 2 fully saturated rings. The lowest BCUT2D eigenvalue weighted by Gasteiger charge is -2.34. The lowest BCUT2D eigenvalue weighted by Crippen LogP contribution is -2.49. The molecule has 2 heteroatoms. The van der Waals surface area contributed by atoms with Gasteiger partial charge in [0.25, 0.3) is 0 Å². The van der Waals surface area contributed by atoms with Crippen molar-refractivity contribution in [2.75, 3.05) is 6.54 Å². The Bertz CT molecular complexity index is 157. The van der Waals surface area contributed by atoms with E-state index in [1.165, 1.54) is 12.8 Å². The molecule has 2 atom stereocenters. The van der Waals surface area contributed by atoms with Crippen molar-refractivity contribution in [3.05, 3.63) is 0 Å². The average Bonchev–Trinajstić information content (AvgIpc) is 2.88. The Morgan fingerprint density at radius 2 is 2.00 bits per heavy atom. The quantitative estimate of drug-likeness (QED) is 0.672. The molecule has 1 N–H and O–H groups in total. The third-order valence-electron chi connectivity index (χ3n) is 3.37. The molecule has 12 heavy (non-hydrogen) atoms. The minimum atomic E-state index is -0.930. The van der Waals surface area contributed by atoms with E-state index in [1.54, 1.807) is 6.92 Å². The molecule has 2 rings (SSSR count). The molecule has 0 aromatic carbocycles. The monoisotopic (exact) mass is 171 g/mol. The van der Waals surface area contributed by atoms with Crippen LogP contribution >= 0.6 is 0 Å². The lowest BCUT2D eigenvalue weighted by molar-refractivity contribution is 0.0843. The molecule has 1 aliphatic carbocycles. The maximum atomic E-state index is 14.1. The van der Waals surface area contributed by atoms with Gasteiger partial charge < -0.3 is 5.32 Å². The Morgan fingerprint density at radius 1 is 1.25 bits per heavy atom. The molecule has 0 bridgehead atoms. The molecule has 0 aromatic rings. The zero-order chi connectivity index (χ0) is 8.60. The van der Waals surface area contributed by atoms with Gasteiger partial charge in [-0.2, -0.15) is 0 Å². The second-order valence-electron chi connectivity index (χ2n) is 4.43. The zero-order valence-electron chi connectivity index (χ0n) is 7.78. The van der Waals surface area contributed by atoms with Gasteiger partial charge in [-0.05, 0) is 45.1 Å². The Balaban J connectivity index is 1.95. The van der Waals surface area contributed by atoms with E-state index in [2.05, 4.69) is 5.32 Å². The first-order valence-electron chi connectivity index (χ1n) is 5.13. The average molecular weight is 171 g/mol.